The van der Waals surface area contributed by atoms with E-state index in [9.17, 15) is 9.59 Å². The van der Waals surface area contributed by atoms with E-state index in [0.29, 0.717) is 35.1 Å². The third-order valence-electron chi connectivity index (χ3n) is 3.77. The summed E-state index contributed by atoms with van der Waals surface area (Å²) in [5, 5.41) is 3.85. The van der Waals surface area contributed by atoms with Crippen LogP contribution in [0.4, 0.5) is 0 Å². The summed E-state index contributed by atoms with van der Waals surface area (Å²) in [5.74, 6) is 1.48. The molecular formula is C18H22N2O5. The molecule has 0 spiro atoms. The maximum atomic E-state index is 12.3. The average Bonchev–Trinajstić information content (AvgIpc) is 3.03. The van der Waals surface area contributed by atoms with E-state index < -0.39 is 0 Å². The highest BCUT2D eigenvalue weighted by Gasteiger charge is 2.16. The molecule has 0 atom stereocenters. The number of carbonyl (C=O) groups is 2. The van der Waals surface area contributed by atoms with Crippen LogP contribution in [-0.4, -0.2) is 43.0 Å². The number of ketones is 1. The molecule has 0 aliphatic carbocycles. The van der Waals surface area contributed by atoms with Gasteiger partial charge in [-0.25, -0.2) is 0 Å². The molecule has 0 fully saturated rings. The highest BCUT2D eigenvalue weighted by molar-refractivity contribution is 5.98. The van der Waals surface area contributed by atoms with Gasteiger partial charge in [-0.2, -0.15) is 0 Å². The molecule has 0 aliphatic heterocycles. The lowest BCUT2D eigenvalue weighted by Crippen LogP contribution is -2.26. The van der Waals surface area contributed by atoms with Crippen LogP contribution in [0.2, 0.25) is 0 Å². The van der Waals surface area contributed by atoms with E-state index in [0.717, 1.165) is 0 Å². The Morgan fingerprint density at radius 1 is 1.12 bits per heavy atom. The SMILES string of the molecule is COc1ccc(C(=O)CCC(=O)N(C)Cc2cc(C)on2)cc1OC. The number of carbonyl (C=O) groups excluding carboxylic acids is 2. The van der Waals surface area contributed by atoms with Crippen LogP contribution >= 0.6 is 0 Å². The molecule has 1 aromatic carbocycles. The number of hydrogen-bond donors (Lipinski definition) is 0. The molecule has 134 valence electrons. The van der Waals surface area contributed by atoms with Crippen LogP contribution in [-0.2, 0) is 11.3 Å². The van der Waals surface area contributed by atoms with Crippen molar-refractivity contribution in [2.75, 3.05) is 21.3 Å². The number of aryl methyl sites for hydroxylation is 1. The van der Waals surface area contributed by atoms with Crippen molar-refractivity contribution in [1.29, 1.82) is 0 Å². The number of rotatable bonds is 8. The highest BCUT2D eigenvalue weighted by atomic mass is 16.5. The Balaban J connectivity index is 1.91. The molecule has 0 radical (unpaired) electrons. The van der Waals surface area contributed by atoms with Crippen LogP contribution in [0.5, 0.6) is 11.5 Å². The van der Waals surface area contributed by atoms with E-state index in [1.165, 1.54) is 19.1 Å². The van der Waals surface area contributed by atoms with Crippen molar-refractivity contribution in [2.45, 2.75) is 26.3 Å². The normalized spacial score (nSPS) is 10.4. The van der Waals surface area contributed by atoms with Crippen molar-refractivity contribution in [3.63, 3.8) is 0 Å². The van der Waals surface area contributed by atoms with Gasteiger partial charge in [0.25, 0.3) is 0 Å². The molecule has 0 aliphatic rings. The molecule has 0 saturated heterocycles. The molecular weight excluding hydrogens is 324 g/mol. The molecule has 0 saturated carbocycles. The van der Waals surface area contributed by atoms with Crippen LogP contribution in [0.15, 0.2) is 28.8 Å². The zero-order chi connectivity index (χ0) is 18.4. The van der Waals surface area contributed by atoms with Gasteiger partial charge >= 0.3 is 0 Å². The van der Waals surface area contributed by atoms with E-state index >= 15 is 0 Å². The molecule has 25 heavy (non-hydrogen) atoms. The molecule has 7 heteroatoms. The predicted octanol–water partition coefficient (Wildman–Crippen LogP) is 2.62. The molecule has 0 bridgehead atoms. The summed E-state index contributed by atoms with van der Waals surface area (Å²) in [6, 6.07) is 6.73. The van der Waals surface area contributed by atoms with Crippen LogP contribution in [0.3, 0.4) is 0 Å². The predicted molar refractivity (Wildman–Crippen MR) is 90.8 cm³/mol. The lowest BCUT2D eigenvalue weighted by atomic mass is 10.1. The Hall–Kier alpha value is -2.83. The molecule has 1 aromatic heterocycles. The minimum Gasteiger partial charge on any atom is -0.493 e. The van der Waals surface area contributed by atoms with Crippen LogP contribution in [0.25, 0.3) is 0 Å². The molecule has 2 aromatic rings. The van der Waals surface area contributed by atoms with Crippen LogP contribution in [0, 0.1) is 6.92 Å². The number of aromatic nitrogens is 1. The van der Waals surface area contributed by atoms with Gasteiger partial charge in [0, 0.05) is 31.5 Å². The first kappa shape index (κ1) is 18.5. The molecule has 0 unspecified atom stereocenters. The first-order valence-electron chi connectivity index (χ1n) is 7.86. The lowest BCUT2D eigenvalue weighted by molar-refractivity contribution is -0.130. The van der Waals surface area contributed by atoms with Gasteiger partial charge in [-0.15, -0.1) is 0 Å². The number of amides is 1. The average molecular weight is 346 g/mol. The molecule has 2 rings (SSSR count). The Bertz CT molecular complexity index is 754. The Kier molecular flexibility index (Phi) is 6.16. The largest absolute Gasteiger partial charge is 0.493 e. The smallest absolute Gasteiger partial charge is 0.223 e. The summed E-state index contributed by atoms with van der Waals surface area (Å²) in [6.07, 6.45) is 0.247. The van der Waals surface area contributed by atoms with Gasteiger partial charge in [-0.1, -0.05) is 5.16 Å². The van der Waals surface area contributed by atoms with Gasteiger partial charge in [-0.05, 0) is 25.1 Å². The van der Waals surface area contributed by atoms with Gasteiger partial charge in [-0.3, -0.25) is 9.59 Å². The number of nitrogens with zero attached hydrogens (tertiary/aromatic N) is 2. The van der Waals surface area contributed by atoms with E-state index in [-0.39, 0.29) is 24.5 Å². The zero-order valence-corrected chi connectivity index (χ0v) is 14.9. The third-order valence-corrected chi connectivity index (χ3v) is 3.77. The fraction of sp³-hybridized carbons (Fsp3) is 0.389. The Morgan fingerprint density at radius 3 is 2.44 bits per heavy atom. The van der Waals surface area contributed by atoms with Crippen LogP contribution in [0.1, 0.15) is 34.7 Å². The first-order chi connectivity index (χ1) is 11.9. The monoisotopic (exact) mass is 346 g/mol. The number of ether oxygens (including phenoxy) is 2. The van der Waals surface area contributed by atoms with Crippen molar-refractivity contribution in [1.82, 2.24) is 10.1 Å². The van der Waals surface area contributed by atoms with Gasteiger partial charge < -0.3 is 18.9 Å². The van der Waals surface area contributed by atoms with E-state index in [1.807, 2.05) is 0 Å². The zero-order valence-electron chi connectivity index (χ0n) is 14.9. The standard InChI is InChI=1S/C18H22N2O5/c1-12-9-14(19-25-12)11-20(2)18(22)8-6-15(21)13-5-7-16(23-3)17(10-13)24-4/h5,7,9-10H,6,8,11H2,1-4H3. The fourth-order valence-corrected chi connectivity index (χ4v) is 2.39. The maximum Gasteiger partial charge on any atom is 0.223 e. The van der Waals surface area contributed by atoms with Crippen LogP contribution < -0.4 is 9.47 Å². The Morgan fingerprint density at radius 2 is 1.84 bits per heavy atom. The first-order valence-corrected chi connectivity index (χ1v) is 7.86. The Labute approximate surface area is 146 Å². The molecule has 0 N–H and O–H groups in total. The summed E-state index contributed by atoms with van der Waals surface area (Å²) in [6.45, 7) is 2.14. The van der Waals surface area contributed by atoms with Crippen molar-refractivity contribution < 1.29 is 23.6 Å². The van der Waals surface area contributed by atoms with Crippen molar-refractivity contribution >= 4 is 11.7 Å². The third kappa shape index (κ3) is 4.82. The quantitative estimate of drug-likeness (QED) is 0.684. The number of methoxy groups -OCH3 is 2. The summed E-state index contributed by atoms with van der Waals surface area (Å²) in [5.41, 5.74) is 1.17. The maximum absolute atomic E-state index is 12.3. The summed E-state index contributed by atoms with van der Waals surface area (Å²) >= 11 is 0. The molecule has 1 heterocycles. The van der Waals surface area contributed by atoms with Crippen molar-refractivity contribution in [2.24, 2.45) is 0 Å². The summed E-state index contributed by atoms with van der Waals surface area (Å²) in [4.78, 5) is 26.0. The second kappa shape index (κ2) is 8.32. The van der Waals surface area contributed by atoms with Gasteiger partial charge in [0.1, 0.15) is 11.5 Å². The molecule has 7 nitrogen and oxygen atoms in total. The van der Waals surface area contributed by atoms with Crippen molar-refractivity contribution in [3.05, 3.63) is 41.3 Å². The second-order valence-electron chi connectivity index (χ2n) is 5.67. The van der Waals surface area contributed by atoms with Gasteiger partial charge in [0.2, 0.25) is 5.91 Å². The number of hydrogen-bond acceptors (Lipinski definition) is 6. The highest BCUT2D eigenvalue weighted by Crippen LogP contribution is 2.28. The van der Waals surface area contributed by atoms with Gasteiger partial charge in [0.15, 0.2) is 17.3 Å². The lowest BCUT2D eigenvalue weighted by Gasteiger charge is -2.15. The van der Waals surface area contributed by atoms with Gasteiger partial charge in [0.05, 0.1) is 20.8 Å². The van der Waals surface area contributed by atoms with E-state index in [2.05, 4.69) is 5.16 Å². The minimum atomic E-state index is -0.130. The number of benzene rings is 1. The minimum absolute atomic E-state index is 0.122. The second-order valence-corrected chi connectivity index (χ2v) is 5.67. The summed E-state index contributed by atoms with van der Waals surface area (Å²) < 4.78 is 15.3. The topological polar surface area (TPSA) is 81.9 Å². The van der Waals surface area contributed by atoms with E-state index in [1.54, 1.807) is 38.2 Å². The van der Waals surface area contributed by atoms with E-state index in [4.69, 9.17) is 14.0 Å². The number of Topliss-reactive ketones (excluding diaryl/α,β-unsaturated/α-hetero) is 1. The fourth-order valence-electron chi connectivity index (χ4n) is 2.39. The summed E-state index contributed by atoms with van der Waals surface area (Å²) in [7, 11) is 4.72. The molecule has 1 amide bonds. The van der Waals surface area contributed by atoms with Crippen molar-refractivity contribution in [3.8, 4) is 11.5 Å².